The summed E-state index contributed by atoms with van der Waals surface area (Å²) in [6.45, 7) is 7.05. The van der Waals surface area contributed by atoms with Crippen molar-refractivity contribution < 1.29 is 9.59 Å². The first-order chi connectivity index (χ1) is 9.91. The molecule has 21 heavy (non-hydrogen) atoms. The number of carbonyl (C=O) groups excluding carboxylic acids is 2. The number of carbonyl (C=O) groups is 2. The van der Waals surface area contributed by atoms with Gasteiger partial charge in [-0.05, 0) is 38.0 Å². The molecule has 1 saturated carbocycles. The van der Waals surface area contributed by atoms with Crippen LogP contribution in [0.2, 0.25) is 0 Å². The van der Waals surface area contributed by atoms with Crippen LogP contribution in [0.4, 0.5) is 0 Å². The Morgan fingerprint density at radius 2 is 1.90 bits per heavy atom. The van der Waals surface area contributed by atoms with Gasteiger partial charge >= 0.3 is 0 Å². The number of nitrogens with two attached hydrogens (primary N) is 1. The molecule has 1 heterocycles. The number of piperidine rings is 1. The third kappa shape index (κ3) is 3.96. The van der Waals surface area contributed by atoms with Crippen molar-refractivity contribution in [2.45, 2.75) is 71.0 Å². The molecule has 0 unspecified atom stereocenters. The second kappa shape index (κ2) is 6.77. The Morgan fingerprint density at radius 1 is 1.24 bits per heavy atom. The summed E-state index contributed by atoms with van der Waals surface area (Å²) in [4.78, 5) is 28.3. The number of hydrogen-bond acceptors (Lipinski definition) is 3. The zero-order valence-electron chi connectivity index (χ0n) is 13.5. The predicted octanol–water partition coefficient (Wildman–Crippen LogP) is 1.36. The molecule has 0 bridgehead atoms. The number of nitrogens with zero attached hydrogens (tertiary/aromatic N) is 2. The maximum atomic E-state index is 12.6. The van der Waals surface area contributed by atoms with Gasteiger partial charge in [-0.25, -0.2) is 0 Å². The van der Waals surface area contributed by atoms with Gasteiger partial charge in [-0.2, -0.15) is 0 Å². The normalized spacial score (nSPS) is 24.0. The highest BCUT2D eigenvalue weighted by Crippen LogP contribution is 2.29. The van der Waals surface area contributed by atoms with Crippen LogP contribution in [0.25, 0.3) is 0 Å². The van der Waals surface area contributed by atoms with E-state index in [2.05, 4.69) is 0 Å². The standard InChI is InChI=1S/C16H29N3O2/c1-11(2)15(17)16(21)18-9-5-4-6-14(18)10-19(12(3)20)13-7-8-13/h11,13-15H,4-10,17H2,1-3H3/t14-,15+/m1/s1. The predicted molar refractivity (Wildman–Crippen MR) is 82.6 cm³/mol. The molecule has 2 amide bonds. The lowest BCUT2D eigenvalue weighted by atomic mass is 9.97. The molecule has 5 nitrogen and oxygen atoms in total. The van der Waals surface area contributed by atoms with E-state index in [1.54, 1.807) is 6.92 Å². The Balaban J connectivity index is 2.04. The van der Waals surface area contributed by atoms with Gasteiger partial charge in [0.1, 0.15) is 0 Å². The smallest absolute Gasteiger partial charge is 0.240 e. The van der Waals surface area contributed by atoms with Gasteiger partial charge in [0.15, 0.2) is 0 Å². The summed E-state index contributed by atoms with van der Waals surface area (Å²) in [7, 11) is 0. The maximum absolute atomic E-state index is 12.6. The van der Waals surface area contributed by atoms with Gasteiger partial charge in [0.05, 0.1) is 6.04 Å². The molecule has 1 saturated heterocycles. The number of rotatable bonds is 5. The molecule has 120 valence electrons. The van der Waals surface area contributed by atoms with Gasteiger partial charge < -0.3 is 15.5 Å². The lowest BCUT2D eigenvalue weighted by molar-refractivity contribution is -0.140. The first-order valence-electron chi connectivity index (χ1n) is 8.25. The van der Waals surface area contributed by atoms with Crippen LogP contribution in [-0.2, 0) is 9.59 Å². The van der Waals surface area contributed by atoms with Crippen molar-refractivity contribution in [1.82, 2.24) is 9.80 Å². The molecule has 0 aromatic rings. The highest BCUT2D eigenvalue weighted by Gasteiger charge is 2.36. The van der Waals surface area contributed by atoms with Gasteiger partial charge in [0, 0.05) is 32.1 Å². The van der Waals surface area contributed by atoms with Crippen molar-refractivity contribution in [2.75, 3.05) is 13.1 Å². The first-order valence-corrected chi connectivity index (χ1v) is 8.25. The summed E-state index contributed by atoms with van der Waals surface area (Å²) in [6.07, 6.45) is 5.35. The van der Waals surface area contributed by atoms with Crippen LogP contribution in [0, 0.1) is 5.92 Å². The quantitative estimate of drug-likeness (QED) is 0.833. The average molecular weight is 295 g/mol. The van der Waals surface area contributed by atoms with Gasteiger partial charge in [0.25, 0.3) is 0 Å². The van der Waals surface area contributed by atoms with Crippen molar-refractivity contribution >= 4 is 11.8 Å². The van der Waals surface area contributed by atoms with Crippen LogP contribution in [0.5, 0.6) is 0 Å². The van der Waals surface area contributed by atoms with E-state index in [0.29, 0.717) is 12.6 Å². The summed E-state index contributed by atoms with van der Waals surface area (Å²) < 4.78 is 0. The van der Waals surface area contributed by atoms with Crippen molar-refractivity contribution in [3.05, 3.63) is 0 Å². The van der Waals surface area contributed by atoms with E-state index < -0.39 is 6.04 Å². The lowest BCUT2D eigenvalue weighted by Crippen LogP contribution is -2.56. The van der Waals surface area contributed by atoms with Crippen LogP contribution in [-0.4, -0.2) is 52.8 Å². The molecular formula is C16H29N3O2. The summed E-state index contributed by atoms with van der Waals surface area (Å²) in [6, 6.07) is 0.109. The average Bonchev–Trinajstić information content (AvgIpc) is 3.27. The lowest BCUT2D eigenvalue weighted by Gasteiger charge is -2.40. The second-order valence-corrected chi connectivity index (χ2v) is 6.85. The Bertz CT molecular complexity index is 393. The molecule has 2 rings (SSSR count). The van der Waals surface area contributed by atoms with Crippen LogP contribution in [0.3, 0.4) is 0 Å². The van der Waals surface area contributed by atoms with E-state index in [9.17, 15) is 9.59 Å². The second-order valence-electron chi connectivity index (χ2n) is 6.85. The first kappa shape index (κ1) is 16.3. The molecule has 0 spiro atoms. The Labute approximate surface area is 127 Å². The molecule has 2 atom stereocenters. The Morgan fingerprint density at radius 3 is 2.43 bits per heavy atom. The van der Waals surface area contributed by atoms with E-state index >= 15 is 0 Å². The zero-order chi connectivity index (χ0) is 15.6. The van der Waals surface area contributed by atoms with Crippen LogP contribution in [0.15, 0.2) is 0 Å². The van der Waals surface area contributed by atoms with Crippen LogP contribution < -0.4 is 5.73 Å². The molecule has 1 aliphatic heterocycles. The summed E-state index contributed by atoms with van der Waals surface area (Å²) in [5, 5.41) is 0. The molecule has 2 aliphatic rings. The van der Waals surface area contributed by atoms with Crippen molar-refractivity contribution in [1.29, 1.82) is 0 Å². The van der Waals surface area contributed by atoms with Crippen molar-refractivity contribution in [3.63, 3.8) is 0 Å². The minimum absolute atomic E-state index is 0.0500. The fourth-order valence-electron chi connectivity index (χ4n) is 3.11. The minimum Gasteiger partial charge on any atom is -0.338 e. The van der Waals surface area contributed by atoms with Gasteiger partial charge in [-0.1, -0.05) is 13.8 Å². The minimum atomic E-state index is -0.433. The SMILES string of the molecule is CC(=O)N(C[C@H]1CCCCN1C(=O)[C@@H](N)C(C)C)C1CC1. The molecule has 1 aliphatic carbocycles. The Kier molecular flexibility index (Phi) is 5.25. The maximum Gasteiger partial charge on any atom is 0.240 e. The third-order valence-corrected chi connectivity index (χ3v) is 4.71. The molecule has 2 N–H and O–H groups in total. The van der Waals surface area contributed by atoms with Gasteiger partial charge in [-0.15, -0.1) is 0 Å². The molecule has 0 aromatic heterocycles. The van der Waals surface area contributed by atoms with E-state index in [1.807, 2.05) is 23.6 Å². The van der Waals surface area contributed by atoms with Crippen LogP contribution >= 0.6 is 0 Å². The summed E-state index contributed by atoms with van der Waals surface area (Å²) >= 11 is 0. The zero-order valence-corrected chi connectivity index (χ0v) is 13.5. The largest absolute Gasteiger partial charge is 0.338 e. The highest BCUT2D eigenvalue weighted by molar-refractivity contribution is 5.82. The van der Waals surface area contributed by atoms with Gasteiger partial charge in [0.2, 0.25) is 11.8 Å². The molecule has 5 heteroatoms. The molecule has 2 fully saturated rings. The van der Waals surface area contributed by atoms with Gasteiger partial charge in [-0.3, -0.25) is 9.59 Å². The fourth-order valence-corrected chi connectivity index (χ4v) is 3.11. The van der Waals surface area contributed by atoms with E-state index in [0.717, 1.165) is 38.6 Å². The topological polar surface area (TPSA) is 66.6 Å². The van der Waals surface area contributed by atoms with Crippen molar-refractivity contribution in [3.8, 4) is 0 Å². The number of likely N-dealkylation sites (tertiary alicyclic amines) is 1. The summed E-state index contributed by atoms with van der Waals surface area (Å²) in [5.41, 5.74) is 6.04. The van der Waals surface area contributed by atoms with E-state index in [1.165, 1.54) is 0 Å². The third-order valence-electron chi connectivity index (χ3n) is 4.71. The van der Waals surface area contributed by atoms with E-state index in [-0.39, 0.29) is 23.8 Å². The molecule has 0 aromatic carbocycles. The number of hydrogen-bond donors (Lipinski definition) is 1. The van der Waals surface area contributed by atoms with Crippen molar-refractivity contribution in [2.24, 2.45) is 11.7 Å². The van der Waals surface area contributed by atoms with E-state index in [4.69, 9.17) is 5.73 Å². The fraction of sp³-hybridized carbons (Fsp3) is 0.875. The highest BCUT2D eigenvalue weighted by atomic mass is 16.2. The van der Waals surface area contributed by atoms with Crippen LogP contribution in [0.1, 0.15) is 52.9 Å². The molecular weight excluding hydrogens is 266 g/mol. The summed E-state index contributed by atoms with van der Waals surface area (Å²) in [5.74, 6) is 0.324. The monoisotopic (exact) mass is 295 g/mol. The number of amides is 2. The molecule has 0 radical (unpaired) electrons. The Hall–Kier alpha value is -1.10.